The van der Waals surface area contributed by atoms with Crippen LogP contribution >= 0.6 is 0 Å². The van der Waals surface area contributed by atoms with Gasteiger partial charge in [-0.2, -0.15) is 0 Å². The second kappa shape index (κ2) is 6.79. The van der Waals surface area contributed by atoms with Gasteiger partial charge in [0.25, 0.3) is 5.91 Å². The molecular weight excluding hydrogens is 300 g/mol. The van der Waals surface area contributed by atoms with E-state index in [0.29, 0.717) is 5.57 Å². The zero-order valence-electron chi connectivity index (χ0n) is 14.2. The molecule has 3 rings (SSSR count). The minimum atomic E-state index is -0.0723. The summed E-state index contributed by atoms with van der Waals surface area (Å²) in [6, 6.07) is 16.2. The van der Waals surface area contributed by atoms with E-state index in [1.165, 1.54) is 5.56 Å². The summed E-state index contributed by atoms with van der Waals surface area (Å²) >= 11 is 0. The van der Waals surface area contributed by atoms with Crippen molar-refractivity contribution in [3.63, 3.8) is 0 Å². The first kappa shape index (κ1) is 16.1. The molecule has 0 radical (unpaired) electrons. The predicted molar refractivity (Wildman–Crippen MR) is 96.7 cm³/mol. The van der Waals surface area contributed by atoms with Gasteiger partial charge in [0.2, 0.25) is 0 Å². The van der Waals surface area contributed by atoms with Gasteiger partial charge in [-0.15, -0.1) is 0 Å². The molecule has 124 valence electrons. The summed E-state index contributed by atoms with van der Waals surface area (Å²) < 4.78 is 5.29. The second-order valence-electron chi connectivity index (χ2n) is 6.16. The lowest BCUT2D eigenvalue weighted by Gasteiger charge is -2.25. The smallest absolute Gasteiger partial charge is 0.257 e. The summed E-state index contributed by atoms with van der Waals surface area (Å²) in [4.78, 5) is 14.6. The zero-order chi connectivity index (χ0) is 17.1. The monoisotopic (exact) mass is 322 g/mol. The van der Waals surface area contributed by atoms with Crippen LogP contribution in [0.2, 0.25) is 0 Å². The number of nitrogens with zero attached hydrogens (tertiary/aromatic N) is 1. The summed E-state index contributed by atoms with van der Waals surface area (Å²) in [6.45, 7) is 5.01. The van der Waals surface area contributed by atoms with Crippen LogP contribution in [0.4, 0.5) is 5.69 Å². The first-order valence-corrected chi connectivity index (χ1v) is 8.09. The number of anilines is 1. The highest BCUT2D eigenvalue weighted by atomic mass is 16.5. The van der Waals surface area contributed by atoms with Crippen LogP contribution in [0.1, 0.15) is 25.0 Å². The maximum atomic E-state index is 12.4. The van der Waals surface area contributed by atoms with Crippen molar-refractivity contribution >= 4 is 17.2 Å². The second-order valence-corrected chi connectivity index (χ2v) is 6.16. The fraction of sp³-hybridized carbons (Fsp3) is 0.250. The Morgan fingerprint density at radius 3 is 2.58 bits per heavy atom. The molecule has 0 bridgehead atoms. The van der Waals surface area contributed by atoms with Crippen molar-refractivity contribution in [3.05, 3.63) is 65.9 Å². The SMILES string of the molecule is COc1ccc2c(c1)/C(=C\N(Cc1ccccc1)C(C)C)C(=O)N2. The number of nitrogens with one attached hydrogen (secondary N) is 1. The van der Waals surface area contributed by atoms with Gasteiger partial charge in [-0.05, 0) is 37.6 Å². The van der Waals surface area contributed by atoms with Crippen LogP contribution in [0, 0.1) is 0 Å². The lowest BCUT2D eigenvalue weighted by atomic mass is 10.1. The molecule has 2 aromatic rings. The van der Waals surface area contributed by atoms with Gasteiger partial charge in [-0.3, -0.25) is 4.79 Å². The standard InChI is InChI=1S/C20H22N2O2/c1-14(2)22(12-15-7-5-4-6-8-15)13-18-17-11-16(24-3)9-10-19(17)21-20(18)23/h4-11,13-14H,12H2,1-3H3,(H,21,23)/b18-13+. The van der Waals surface area contributed by atoms with Gasteiger partial charge in [-0.1, -0.05) is 30.3 Å². The first-order valence-electron chi connectivity index (χ1n) is 8.09. The largest absolute Gasteiger partial charge is 0.497 e. The molecule has 0 fully saturated rings. The molecule has 24 heavy (non-hydrogen) atoms. The number of ether oxygens (including phenoxy) is 1. The normalized spacial score (nSPS) is 14.7. The summed E-state index contributed by atoms with van der Waals surface area (Å²) in [5.41, 5.74) is 3.61. The minimum absolute atomic E-state index is 0.0723. The molecule has 0 saturated heterocycles. The van der Waals surface area contributed by atoms with E-state index in [9.17, 15) is 4.79 Å². The maximum absolute atomic E-state index is 12.4. The third-order valence-corrected chi connectivity index (χ3v) is 4.18. The molecule has 0 saturated carbocycles. The maximum Gasteiger partial charge on any atom is 0.257 e. The van der Waals surface area contributed by atoms with Crippen molar-refractivity contribution in [2.45, 2.75) is 26.4 Å². The quantitative estimate of drug-likeness (QED) is 0.849. The summed E-state index contributed by atoms with van der Waals surface area (Å²) in [7, 11) is 1.63. The molecule has 0 spiro atoms. The van der Waals surface area contributed by atoms with E-state index < -0.39 is 0 Å². The van der Waals surface area contributed by atoms with Gasteiger partial charge in [0.1, 0.15) is 5.75 Å². The summed E-state index contributed by atoms with van der Waals surface area (Å²) in [5, 5.41) is 2.92. The van der Waals surface area contributed by atoms with E-state index in [1.807, 2.05) is 42.6 Å². The van der Waals surface area contributed by atoms with Crippen molar-refractivity contribution in [3.8, 4) is 5.75 Å². The van der Waals surface area contributed by atoms with Gasteiger partial charge < -0.3 is 15.0 Å². The third-order valence-electron chi connectivity index (χ3n) is 4.18. The molecule has 0 aromatic heterocycles. The number of rotatable bonds is 5. The highest BCUT2D eigenvalue weighted by Gasteiger charge is 2.25. The van der Waals surface area contributed by atoms with Gasteiger partial charge in [0.05, 0.1) is 12.7 Å². The van der Waals surface area contributed by atoms with E-state index in [2.05, 4.69) is 36.2 Å². The molecule has 1 N–H and O–H groups in total. The Bertz CT molecular complexity index is 766. The third kappa shape index (κ3) is 3.27. The highest BCUT2D eigenvalue weighted by Crippen LogP contribution is 2.35. The number of benzene rings is 2. The van der Waals surface area contributed by atoms with E-state index in [1.54, 1.807) is 7.11 Å². The van der Waals surface area contributed by atoms with Crippen LogP contribution in [-0.2, 0) is 11.3 Å². The Morgan fingerprint density at radius 2 is 1.92 bits per heavy atom. The van der Waals surface area contributed by atoms with E-state index in [-0.39, 0.29) is 11.9 Å². The molecule has 0 aliphatic carbocycles. The fourth-order valence-corrected chi connectivity index (χ4v) is 2.76. The molecule has 1 aliphatic rings. The molecule has 1 aliphatic heterocycles. The number of fused-ring (bicyclic) bond motifs is 1. The van der Waals surface area contributed by atoms with Crippen molar-refractivity contribution in [1.29, 1.82) is 0 Å². The van der Waals surface area contributed by atoms with Crippen molar-refractivity contribution in [1.82, 2.24) is 4.90 Å². The Kier molecular flexibility index (Phi) is 4.56. The molecule has 0 unspecified atom stereocenters. The molecule has 4 nitrogen and oxygen atoms in total. The van der Waals surface area contributed by atoms with Crippen LogP contribution < -0.4 is 10.1 Å². The van der Waals surface area contributed by atoms with Crippen LogP contribution in [-0.4, -0.2) is 24.0 Å². The van der Waals surface area contributed by atoms with E-state index in [0.717, 1.165) is 23.5 Å². The van der Waals surface area contributed by atoms with Crippen LogP contribution in [0.25, 0.3) is 5.57 Å². The van der Waals surface area contributed by atoms with E-state index in [4.69, 9.17) is 4.74 Å². The zero-order valence-corrected chi connectivity index (χ0v) is 14.2. The van der Waals surface area contributed by atoms with Crippen LogP contribution in [0.15, 0.2) is 54.7 Å². The number of hydrogen-bond acceptors (Lipinski definition) is 3. The molecule has 1 heterocycles. The number of methoxy groups -OCH3 is 1. The minimum Gasteiger partial charge on any atom is -0.497 e. The highest BCUT2D eigenvalue weighted by molar-refractivity contribution is 6.31. The summed E-state index contributed by atoms with van der Waals surface area (Å²) in [6.07, 6.45) is 1.96. The molecule has 2 aromatic carbocycles. The lowest BCUT2D eigenvalue weighted by Crippen LogP contribution is -2.26. The van der Waals surface area contributed by atoms with Gasteiger partial charge in [0.15, 0.2) is 0 Å². The van der Waals surface area contributed by atoms with Gasteiger partial charge in [-0.25, -0.2) is 0 Å². The number of carbonyl (C=O) groups excluding carboxylic acids is 1. The van der Waals surface area contributed by atoms with Crippen molar-refractivity contribution in [2.75, 3.05) is 12.4 Å². The fourth-order valence-electron chi connectivity index (χ4n) is 2.76. The average Bonchev–Trinajstić information content (AvgIpc) is 2.90. The number of amides is 1. The Labute approximate surface area is 142 Å². The lowest BCUT2D eigenvalue weighted by molar-refractivity contribution is -0.110. The van der Waals surface area contributed by atoms with Gasteiger partial charge >= 0.3 is 0 Å². The molecular formula is C20H22N2O2. The van der Waals surface area contributed by atoms with Crippen LogP contribution in [0.3, 0.4) is 0 Å². The number of carbonyl (C=O) groups is 1. The Morgan fingerprint density at radius 1 is 1.17 bits per heavy atom. The Hall–Kier alpha value is -2.75. The molecule has 0 atom stereocenters. The number of hydrogen-bond donors (Lipinski definition) is 1. The Balaban J connectivity index is 1.94. The predicted octanol–water partition coefficient (Wildman–Crippen LogP) is 3.90. The molecule has 1 amide bonds. The first-order chi connectivity index (χ1) is 11.6. The van der Waals surface area contributed by atoms with Crippen molar-refractivity contribution < 1.29 is 9.53 Å². The van der Waals surface area contributed by atoms with E-state index >= 15 is 0 Å². The topological polar surface area (TPSA) is 41.6 Å². The van der Waals surface area contributed by atoms with Crippen LogP contribution in [0.5, 0.6) is 5.75 Å². The molecule has 4 heteroatoms. The summed E-state index contributed by atoms with van der Waals surface area (Å²) in [5.74, 6) is 0.673. The van der Waals surface area contributed by atoms with Crippen molar-refractivity contribution in [2.24, 2.45) is 0 Å². The average molecular weight is 322 g/mol. The van der Waals surface area contributed by atoms with Gasteiger partial charge in [0, 0.05) is 30.0 Å².